The number of benzene rings is 2. The van der Waals surface area contributed by atoms with E-state index in [1.54, 1.807) is 13.3 Å². The van der Waals surface area contributed by atoms with E-state index in [4.69, 9.17) is 4.74 Å². The van der Waals surface area contributed by atoms with Crippen LogP contribution >= 0.6 is 0 Å². The van der Waals surface area contributed by atoms with Crippen LogP contribution in [0.25, 0.3) is 10.8 Å². The number of ether oxygens (including phenoxy) is 1. The van der Waals surface area contributed by atoms with Crippen LogP contribution < -0.4 is 10.1 Å². The van der Waals surface area contributed by atoms with Crippen molar-refractivity contribution in [2.24, 2.45) is 0 Å². The number of nitrogens with zero attached hydrogens (tertiary/aromatic N) is 1. The second kappa shape index (κ2) is 6.71. The Balaban J connectivity index is 1.82. The molecule has 1 aromatic heterocycles. The van der Waals surface area contributed by atoms with E-state index in [9.17, 15) is 4.79 Å². The molecule has 0 unspecified atom stereocenters. The molecule has 0 aliphatic carbocycles. The Bertz CT molecular complexity index is 890. The van der Waals surface area contributed by atoms with Gasteiger partial charge < -0.3 is 10.1 Å². The third-order valence-corrected chi connectivity index (χ3v) is 4.13. The van der Waals surface area contributed by atoms with Gasteiger partial charge in [0.2, 0.25) is 5.91 Å². The summed E-state index contributed by atoms with van der Waals surface area (Å²) in [6.07, 6.45) is 1.69. The number of nitrogens with one attached hydrogen (secondary N) is 1. The van der Waals surface area contributed by atoms with Gasteiger partial charge in [-0.15, -0.1) is 0 Å². The van der Waals surface area contributed by atoms with Crippen LogP contribution in [0.5, 0.6) is 5.75 Å². The maximum absolute atomic E-state index is 12.5. The molecule has 0 aliphatic heterocycles. The number of carbonyl (C=O) groups is 1. The first-order valence-electron chi connectivity index (χ1n) is 7.88. The molecule has 0 bridgehead atoms. The van der Waals surface area contributed by atoms with E-state index in [-0.39, 0.29) is 11.8 Å². The summed E-state index contributed by atoms with van der Waals surface area (Å²) in [5.41, 5.74) is 2.03. The topological polar surface area (TPSA) is 51.2 Å². The summed E-state index contributed by atoms with van der Waals surface area (Å²) >= 11 is 0. The van der Waals surface area contributed by atoms with Crippen molar-refractivity contribution in [3.05, 3.63) is 65.9 Å². The van der Waals surface area contributed by atoms with Crippen molar-refractivity contribution in [1.29, 1.82) is 0 Å². The molecule has 4 heteroatoms. The van der Waals surface area contributed by atoms with Gasteiger partial charge in [0.15, 0.2) is 0 Å². The minimum absolute atomic E-state index is 0.0686. The van der Waals surface area contributed by atoms with Crippen LogP contribution in [0.1, 0.15) is 24.0 Å². The molecule has 0 fully saturated rings. The number of fused-ring (bicyclic) bond motifs is 1. The number of pyridine rings is 1. The molecule has 0 spiro atoms. The Hall–Kier alpha value is -2.88. The average Bonchev–Trinajstić information content (AvgIpc) is 2.60. The Morgan fingerprint density at radius 2 is 1.83 bits per heavy atom. The summed E-state index contributed by atoms with van der Waals surface area (Å²) in [4.78, 5) is 16.7. The Morgan fingerprint density at radius 3 is 2.58 bits per heavy atom. The van der Waals surface area contributed by atoms with Gasteiger partial charge >= 0.3 is 0 Å². The summed E-state index contributed by atoms with van der Waals surface area (Å²) in [6.45, 7) is 3.87. The molecule has 122 valence electrons. The Morgan fingerprint density at radius 1 is 1.08 bits per heavy atom. The molecule has 0 saturated carbocycles. The van der Waals surface area contributed by atoms with E-state index in [1.165, 1.54) is 0 Å². The van der Waals surface area contributed by atoms with E-state index in [1.807, 2.05) is 62.4 Å². The standard InChI is InChI=1S/C20H20N2O2/c1-13-8-9-21-19(10-13)22-20(23)14(2)15-4-5-17-12-18(24-3)7-6-16(17)11-15/h4-12,14H,1-3H3,(H,21,22,23)/t14-/m0/s1. The first-order valence-corrected chi connectivity index (χ1v) is 7.88. The molecule has 1 amide bonds. The van der Waals surface area contributed by atoms with Crippen molar-refractivity contribution in [3.8, 4) is 5.75 Å². The summed E-state index contributed by atoms with van der Waals surface area (Å²) in [7, 11) is 1.65. The van der Waals surface area contributed by atoms with Crippen molar-refractivity contribution in [2.75, 3.05) is 12.4 Å². The lowest BCUT2D eigenvalue weighted by molar-refractivity contribution is -0.117. The number of hydrogen-bond acceptors (Lipinski definition) is 3. The van der Waals surface area contributed by atoms with Crippen LogP contribution in [-0.2, 0) is 4.79 Å². The molecule has 2 aromatic carbocycles. The number of amides is 1. The van der Waals surface area contributed by atoms with Gasteiger partial charge in [0.05, 0.1) is 13.0 Å². The van der Waals surface area contributed by atoms with Crippen LogP contribution in [0.4, 0.5) is 5.82 Å². The molecule has 1 atom stereocenters. The lowest BCUT2D eigenvalue weighted by Crippen LogP contribution is -2.19. The fourth-order valence-electron chi connectivity index (χ4n) is 2.63. The van der Waals surface area contributed by atoms with Crippen LogP contribution in [-0.4, -0.2) is 18.0 Å². The molecule has 0 saturated heterocycles. The van der Waals surface area contributed by atoms with E-state index in [0.29, 0.717) is 5.82 Å². The molecule has 1 N–H and O–H groups in total. The van der Waals surface area contributed by atoms with Gasteiger partial charge in [-0.3, -0.25) is 4.79 Å². The van der Waals surface area contributed by atoms with Crippen LogP contribution in [0.3, 0.4) is 0 Å². The highest BCUT2D eigenvalue weighted by molar-refractivity contribution is 5.96. The fraction of sp³-hybridized carbons (Fsp3) is 0.200. The maximum Gasteiger partial charge on any atom is 0.232 e. The zero-order valence-corrected chi connectivity index (χ0v) is 14.0. The lowest BCUT2D eigenvalue weighted by atomic mass is 9.97. The van der Waals surface area contributed by atoms with Gasteiger partial charge in [-0.1, -0.05) is 24.3 Å². The van der Waals surface area contributed by atoms with E-state index < -0.39 is 0 Å². The number of hydrogen-bond donors (Lipinski definition) is 1. The quantitative estimate of drug-likeness (QED) is 0.780. The number of methoxy groups -OCH3 is 1. The van der Waals surface area contributed by atoms with Gasteiger partial charge in [0.1, 0.15) is 11.6 Å². The summed E-state index contributed by atoms with van der Waals surface area (Å²) in [5.74, 6) is 1.07. The third-order valence-electron chi connectivity index (χ3n) is 4.13. The van der Waals surface area contributed by atoms with Gasteiger partial charge in [-0.05, 0) is 60.0 Å². The highest BCUT2D eigenvalue weighted by atomic mass is 16.5. The van der Waals surface area contributed by atoms with Crippen molar-refractivity contribution < 1.29 is 9.53 Å². The lowest BCUT2D eigenvalue weighted by Gasteiger charge is -2.13. The fourth-order valence-corrected chi connectivity index (χ4v) is 2.63. The molecule has 3 rings (SSSR count). The van der Waals surface area contributed by atoms with Crippen molar-refractivity contribution in [3.63, 3.8) is 0 Å². The van der Waals surface area contributed by atoms with Crippen LogP contribution in [0, 0.1) is 6.92 Å². The summed E-state index contributed by atoms with van der Waals surface area (Å²) in [6, 6.07) is 15.7. The number of anilines is 1. The third kappa shape index (κ3) is 3.38. The van der Waals surface area contributed by atoms with Crippen molar-refractivity contribution in [2.45, 2.75) is 19.8 Å². The Kier molecular flexibility index (Phi) is 4.47. The summed E-state index contributed by atoms with van der Waals surface area (Å²) < 4.78 is 5.24. The molecular formula is C20H20N2O2. The maximum atomic E-state index is 12.5. The zero-order valence-electron chi connectivity index (χ0n) is 14.0. The molecular weight excluding hydrogens is 300 g/mol. The number of rotatable bonds is 4. The monoisotopic (exact) mass is 320 g/mol. The van der Waals surface area contributed by atoms with Gasteiger partial charge in [0, 0.05) is 6.20 Å². The molecule has 1 heterocycles. The minimum atomic E-state index is -0.265. The molecule has 4 nitrogen and oxygen atoms in total. The van der Waals surface area contributed by atoms with Gasteiger partial charge in [-0.25, -0.2) is 4.98 Å². The zero-order chi connectivity index (χ0) is 17.1. The molecule has 24 heavy (non-hydrogen) atoms. The highest BCUT2D eigenvalue weighted by Gasteiger charge is 2.16. The first kappa shape index (κ1) is 16.0. The van der Waals surface area contributed by atoms with E-state index in [2.05, 4.69) is 10.3 Å². The van der Waals surface area contributed by atoms with Crippen LogP contribution in [0.15, 0.2) is 54.7 Å². The number of carbonyl (C=O) groups excluding carboxylic acids is 1. The number of aryl methyl sites for hydroxylation is 1. The molecule has 0 aliphatic rings. The second-order valence-electron chi connectivity index (χ2n) is 5.90. The minimum Gasteiger partial charge on any atom is -0.497 e. The first-order chi connectivity index (χ1) is 11.6. The van der Waals surface area contributed by atoms with Crippen molar-refractivity contribution in [1.82, 2.24) is 4.98 Å². The predicted molar refractivity (Wildman–Crippen MR) is 96.5 cm³/mol. The van der Waals surface area contributed by atoms with Gasteiger partial charge in [-0.2, -0.15) is 0 Å². The van der Waals surface area contributed by atoms with E-state index in [0.717, 1.165) is 27.6 Å². The van der Waals surface area contributed by atoms with Crippen molar-refractivity contribution >= 4 is 22.5 Å². The van der Waals surface area contributed by atoms with Gasteiger partial charge in [0.25, 0.3) is 0 Å². The second-order valence-corrected chi connectivity index (χ2v) is 5.90. The SMILES string of the molecule is COc1ccc2cc([C@H](C)C(=O)Nc3cc(C)ccn3)ccc2c1. The predicted octanol–water partition coefficient (Wildman–Crippen LogP) is 4.29. The normalized spacial score (nSPS) is 12.0. The van der Waals surface area contributed by atoms with Crippen LogP contribution in [0.2, 0.25) is 0 Å². The summed E-state index contributed by atoms with van der Waals surface area (Å²) in [5, 5.41) is 5.05. The Labute approximate surface area is 141 Å². The highest BCUT2D eigenvalue weighted by Crippen LogP contribution is 2.25. The largest absolute Gasteiger partial charge is 0.497 e. The molecule has 0 radical (unpaired) electrons. The average molecular weight is 320 g/mol. The molecule has 3 aromatic rings. The smallest absolute Gasteiger partial charge is 0.232 e. The van der Waals surface area contributed by atoms with E-state index >= 15 is 0 Å². The number of aromatic nitrogens is 1.